The first kappa shape index (κ1) is 12.4. The Hall–Kier alpha value is -0.620. The van der Waals surface area contributed by atoms with Crippen molar-refractivity contribution in [2.75, 3.05) is 0 Å². The highest BCUT2D eigenvalue weighted by Gasteiger charge is 2.06. The Kier molecular flexibility index (Phi) is 5.65. The fraction of sp³-hybridized carbons (Fsp3) is 0.714. The van der Waals surface area contributed by atoms with Crippen LogP contribution < -0.4 is 0 Å². The minimum Gasteiger partial charge on any atom is -0.184 e. The fourth-order valence-electron chi connectivity index (χ4n) is 0.807. The Morgan fingerprint density at radius 3 is 1.92 bits per heavy atom. The lowest BCUT2D eigenvalue weighted by Gasteiger charge is -1.95. The van der Waals surface area contributed by atoms with Gasteiger partial charge in [-0.25, -0.2) is 0 Å². The van der Waals surface area contributed by atoms with Crippen molar-refractivity contribution in [1.82, 2.24) is 0 Å². The molecule has 0 heterocycles. The van der Waals surface area contributed by atoms with Crippen molar-refractivity contribution in [1.29, 1.82) is 0 Å². The van der Waals surface area contributed by atoms with E-state index in [1.165, 1.54) is 6.92 Å². The van der Waals surface area contributed by atoms with E-state index in [9.17, 15) is 16.8 Å². The zero-order chi connectivity index (χ0) is 10.4. The molecule has 0 amide bonds. The van der Waals surface area contributed by atoms with Gasteiger partial charge in [0, 0.05) is 0 Å². The van der Waals surface area contributed by atoms with E-state index in [1.807, 2.05) is 6.92 Å². The third-order valence-corrected chi connectivity index (χ3v) is 3.39. The van der Waals surface area contributed by atoms with Gasteiger partial charge in [-0.2, -0.15) is 16.8 Å². The monoisotopic (exact) mass is 224 g/mol. The van der Waals surface area contributed by atoms with Crippen LogP contribution in [0.4, 0.5) is 0 Å². The van der Waals surface area contributed by atoms with Gasteiger partial charge in [-0.05, 0) is 19.8 Å². The van der Waals surface area contributed by atoms with Crippen molar-refractivity contribution in [3.05, 3.63) is 0 Å². The quantitative estimate of drug-likeness (QED) is 0.644. The van der Waals surface area contributed by atoms with Crippen LogP contribution in [0.15, 0.2) is 0 Å². The van der Waals surface area contributed by atoms with Crippen LogP contribution in [-0.4, -0.2) is 26.6 Å². The first-order chi connectivity index (χ1) is 6.00. The van der Waals surface area contributed by atoms with Crippen molar-refractivity contribution in [2.45, 2.75) is 33.1 Å². The summed E-state index contributed by atoms with van der Waals surface area (Å²) in [6, 6.07) is 0. The summed E-state index contributed by atoms with van der Waals surface area (Å²) in [6.07, 6.45) is 1.81. The van der Waals surface area contributed by atoms with Gasteiger partial charge in [-0.3, -0.25) is 0 Å². The lowest BCUT2D eigenvalue weighted by molar-refractivity contribution is 0.624. The lowest BCUT2D eigenvalue weighted by atomic mass is 10.2. The topological polar surface area (TPSA) is 68.3 Å². The van der Waals surface area contributed by atoms with Crippen LogP contribution in [0.25, 0.3) is 0 Å². The van der Waals surface area contributed by atoms with E-state index < -0.39 is 20.6 Å². The Morgan fingerprint density at radius 2 is 1.62 bits per heavy atom. The lowest BCUT2D eigenvalue weighted by Crippen LogP contribution is -2.12. The van der Waals surface area contributed by atoms with Gasteiger partial charge in [-0.1, -0.05) is 13.3 Å². The summed E-state index contributed by atoms with van der Waals surface area (Å²) in [5, 5.41) is 0. The largest absolute Gasteiger partial charge is 0.218 e. The molecule has 0 saturated heterocycles. The summed E-state index contributed by atoms with van der Waals surface area (Å²) < 4.78 is 42.2. The minimum absolute atomic E-state index is 0.00446. The van der Waals surface area contributed by atoms with Gasteiger partial charge in [0.25, 0.3) is 0 Å². The van der Waals surface area contributed by atoms with E-state index in [-0.39, 0.29) is 9.73 Å². The molecule has 0 N–H and O–H groups in total. The van der Waals surface area contributed by atoms with Crippen LogP contribution in [0.5, 0.6) is 0 Å². The smallest absolute Gasteiger partial charge is 0.184 e. The van der Waals surface area contributed by atoms with Gasteiger partial charge < -0.3 is 0 Å². The normalized spacial score (nSPS) is 9.38. The average Bonchev–Trinajstić information content (AvgIpc) is 2.04. The number of unbranched alkanes of at least 4 members (excludes halogenated alkanes) is 1. The van der Waals surface area contributed by atoms with Crippen LogP contribution in [0.3, 0.4) is 0 Å². The predicted octanol–water partition coefficient (Wildman–Crippen LogP) is 0.300. The standard InChI is InChI=1S/C7H12O4S2/c1-3-4-5-7(13(10)11)6(2)12(8)9/h3-5H2,1-2H3. The number of hydrogen-bond donors (Lipinski definition) is 0. The van der Waals surface area contributed by atoms with E-state index in [0.717, 1.165) is 6.42 Å². The molecule has 6 heteroatoms. The van der Waals surface area contributed by atoms with Gasteiger partial charge in [0.1, 0.15) is 0 Å². The number of hydrogen-bond acceptors (Lipinski definition) is 4. The molecule has 4 nitrogen and oxygen atoms in total. The van der Waals surface area contributed by atoms with Crippen molar-refractivity contribution in [2.24, 2.45) is 0 Å². The Labute approximate surface area is 80.7 Å². The van der Waals surface area contributed by atoms with Gasteiger partial charge in [-0.15, -0.1) is 0 Å². The molecule has 0 aromatic carbocycles. The molecule has 0 bridgehead atoms. The van der Waals surface area contributed by atoms with Gasteiger partial charge in [0.15, 0.2) is 0 Å². The second-order valence-electron chi connectivity index (χ2n) is 2.55. The molecule has 0 atom stereocenters. The van der Waals surface area contributed by atoms with Crippen molar-refractivity contribution in [3.8, 4) is 0 Å². The first-order valence-electron chi connectivity index (χ1n) is 3.89. The maximum Gasteiger partial charge on any atom is 0.218 e. The van der Waals surface area contributed by atoms with Crippen molar-refractivity contribution >= 4 is 30.3 Å². The Morgan fingerprint density at radius 1 is 1.08 bits per heavy atom. The van der Waals surface area contributed by atoms with Crippen LogP contribution in [0, 0.1) is 0 Å². The molecule has 0 aliphatic heterocycles. The molecule has 0 radical (unpaired) electrons. The molecule has 13 heavy (non-hydrogen) atoms. The SMILES string of the molecule is CCCCC(C(C)=S(=O)=O)=S(=O)=O. The maximum atomic E-state index is 10.6. The molecule has 0 aromatic rings. The molecule has 0 aromatic heterocycles. The third kappa shape index (κ3) is 4.23. The van der Waals surface area contributed by atoms with E-state index in [2.05, 4.69) is 0 Å². The minimum atomic E-state index is -2.43. The third-order valence-electron chi connectivity index (χ3n) is 1.60. The summed E-state index contributed by atoms with van der Waals surface area (Å²) in [4.78, 5) is -0.0861. The molecule has 0 aliphatic carbocycles. The molecule has 0 fully saturated rings. The zero-order valence-corrected chi connectivity index (χ0v) is 9.20. The average molecular weight is 224 g/mol. The molecular formula is C7H12O4S2. The zero-order valence-electron chi connectivity index (χ0n) is 7.57. The van der Waals surface area contributed by atoms with Crippen LogP contribution in [0.2, 0.25) is 0 Å². The summed E-state index contributed by atoms with van der Waals surface area (Å²) in [7, 11) is -4.85. The summed E-state index contributed by atoms with van der Waals surface area (Å²) in [5.41, 5.74) is 0. The first-order valence-corrected chi connectivity index (χ1v) is 6.04. The van der Waals surface area contributed by atoms with E-state index in [0.29, 0.717) is 12.8 Å². The Balaban J connectivity index is 5.13. The highest BCUT2D eigenvalue weighted by atomic mass is 32.2. The molecule has 0 rings (SSSR count). The molecule has 0 aliphatic rings. The second-order valence-corrected chi connectivity index (χ2v) is 4.60. The highest BCUT2D eigenvalue weighted by molar-refractivity contribution is 7.82. The summed E-state index contributed by atoms with van der Waals surface area (Å²) in [6.45, 7) is 3.21. The fourth-order valence-corrected chi connectivity index (χ4v) is 2.05. The van der Waals surface area contributed by atoms with E-state index in [1.54, 1.807) is 0 Å². The van der Waals surface area contributed by atoms with Crippen molar-refractivity contribution in [3.63, 3.8) is 0 Å². The summed E-state index contributed by atoms with van der Waals surface area (Å²) >= 11 is 0. The summed E-state index contributed by atoms with van der Waals surface area (Å²) in [5.74, 6) is 0. The van der Waals surface area contributed by atoms with Gasteiger partial charge >= 0.3 is 0 Å². The molecule has 0 spiro atoms. The molecule has 0 saturated carbocycles. The second kappa shape index (κ2) is 5.93. The van der Waals surface area contributed by atoms with Crippen LogP contribution in [-0.2, 0) is 20.6 Å². The predicted molar refractivity (Wildman–Crippen MR) is 53.1 cm³/mol. The van der Waals surface area contributed by atoms with Crippen LogP contribution >= 0.6 is 0 Å². The molecule has 76 valence electrons. The van der Waals surface area contributed by atoms with E-state index in [4.69, 9.17) is 0 Å². The Bertz CT molecular complexity index is 409. The molecular weight excluding hydrogens is 212 g/mol. The maximum absolute atomic E-state index is 10.6. The molecule has 0 unspecified atom stereocenters. The van der Waals surface area contributed by atoms with Gasteiger partial charge in [0.05, 0.1) is 9.73 Å². The highest BCUT2D eigenvalue weighted by Crippen LogP contribution is 1.97. The number of rotatable bonds is 4. The van der Waals surface area contributed by atoms with Gasteiger partial charge in [0.2, 0.25) is 20.6 Å². The van der Waals surface area contributed by atoms with Crippen molar-refractivity contribution < 1.29 is 16.8 Å². The van der Waals surface area contributed by atoms with Crippen LogP contribution in [0.1, 0.15) is 33.1 Å². The van der Waals surface area contributed by atoms with E-state index >= 15 is 0 Å².